The maximum absolute atomic E-state index is 12.1. The van der Waals surface area contributed by atoms with Gasteiger partial charge in [0.15, 0.2) is 0 Å². The normalized spacial score (nSPS) is 11.4. The number of rotatable bonds is 8. The van der Waals surface area contributed by atoms with Crippen LogP contribution in [0.25, 0.3) is 0 Å². The second kappa shape index (κ2) is 8.82. The number of hydrogen-bond acceptors (Lipinski definition) is 4. The molecule has 0 bridgehead atoms. The highest BCUT2D eigenvalue weighted by atomic mass is 32.2. The summed E-state index contributed by atoms with van der Waals surface area (Å²) in [6.07, 6.45) is 0.198. The zero-order valence-electron chi connectivity index (χ0n) is 15.2. The summed E-state index contributed by atoms with van der Waals surface area (Å²) < 4.78 is 32.2. The molecule has 0 unspecified atom stereocenters. The molecule has 0 aliphatic heterocycles. The quantitative estimate of drug-likeness (QED) is 0.741. The van der Waals surface area contributed by atoms with Gasteiger partial charge in [0.2, 0.25) is 15.9 Å². The van der Waals surface area contributed by atoms with Crippen molar-refractivity contribution < 1.29 is 17.9 Å². The van der Waals surface area contributed by atoms with Crippen molar-refractivity contribution in [3.05, 3.63) is 54.1 Å². The van der Waals surface area contributed by atoms with E-state index >= 15 is 0 Å². The molecule has 0 saturated heterocycles. The Kier molecular flexibility index (Phi) is 6.76. The minimum Gasteiger partial charge on any atom is -0.493 e. The van der Waals surface area contributed by atoms with Gasteiger partial charge in [-0.25, -0.2) is 13.1 Å². The molecule has 0 spiro atoms. The number of sulfonamides is 1. The lowest BCUT2D eigenvalue weighted by Gasteiger charge is -2.11. The molecule has 6 nitrogen and oxygen atoms in total. The number of carbonyl (C=O) groups is 1. The van der Waals surface area contributed by atoms with Crippen LogP contribution in [0, 0.1) is 6.92 Å². The van der Waals surface area contributed by atoms with Gasteiger partial charge in [-0.15, -0.1) is 0 Å². The number of amides is 1. The van der Waals surface area contributed by atoms with E-state index in [1.807, 2.05) is 31.2 Å². The Morgan fingerprint density at radius 2 is 1.73 bits per heavy atom. The molecule has 0 aliphatic carbocycles. The summed E-state index contributed by atoms with van der Waals surface area (Å²) in [6.45, 7) is 5.72. The Hall–Kier alpha value is -2.38. The van der Waals surface area contributed by atoms with Gasteiger partial charge in [0.25, 0.3) is 0 Å². The lowest BCUT2D eigenvalue weighted by Crippen LogP contribution is -2.30. The Bertz CT molecular complexity index is 846. The highest BCUT2D eigenvalue weighted by molar-refractivity contribution is 7.89. The van der Waals surface area contributed by atoms with Gasteiger partial charge in [-0.05, 0) is 56.7 Å². The van der Waals surface area contributed by atoms with Gasteiger partial charge in [0.05, 0.1) is 17.9 Å². The molecule has 2 aromatic carbocycles. The van der Waals surface area contributed by atoms with Gasteiger partial charge in [0, 0.05) is 11.7 Å². The fraction of sp³-hybridized carbons (Fsp3) is 0.316. The molecule has 7 heteroatoms. The van der Waals surface area contributed by atoms with Crippen LogP contribution in [-0.2, 0) is 14.8 Å². The monoisotopic (exact) mass is 376 g/mol. The van der Waals surface area contributed by atoms with E-state index in [9.17, 15) is 13.2 Å². The molecule has 0 fully saturated rings. The highest BCUT2D eigenvalue weighted by Crippen LogP contribution is 2.17. The number of ether oxygens (including phenoxy) is 1. The van der Waals surface area contributed by atoms with Crippen LogP contribution < -0.4 is 14.8 Å². The summed E-state index contributed by atoms with van der Waals surface area (Å²) in [6, 6.07) is 13.5. The predicted octanol–water partition coefficient (Wildman–Crippen LogP) is 3.09. The topological polar surface area (TPSA) is 84.5 Å². The van der Waals surface area contributed by atoms with Crippen LogP contribution in [0.15, 0.2) is 53.4 Å². The van der Waals surface area contributed by atoms with Crippen LogP contribution >= 0.6 is 0 Å². The average Bonchev–Trinajstić information content (AvgIpc) is 2.56. The lowest BCUT2D eigenvalue weighted by atomic mass is 10.2. The number of para-hydroxylation sites is 1. The van der Waals surface area contributed by atoms with Crippen molar-refractivity contribution in [2.45, 2.75) is 38.1 Å². The summed E-state index contributed by atoms with van der Waals surface area (Å²) in [5.74, 6) is 0.557. The number of carbonyl (C=O) groups excluding carboxylic acids is 1. The molecular formula is C19H24N2O4S. The molecule has 0 saturated carbocycles. The van der Waals surface area contributed by atoms with Gasteiger partial charge in [-0.3, -0.25) is 4.79 Å². The smallest absolute Gasteiger partial charge is 0.240 e. The molecule has 0 atom stereocenters. The third-order valence-corrected chi connectivity index (χ3v) is 5.19. The van der Waals surface area contributed by atoms with Gasteiger partial charge < -0.3 is 10.1 Å². The summed E-state index contributed by atoms with van der Waals surface area (Å²) in [7, 11) is -3.54. The van der Waals surface area contributed by atoms with E-state index in [2.05, 4.69) is 10.0 Å². The van der Waals surface area contributed by atoms with E-state index in [1.165, 1.54) is 12.1 Å². The standard InChI is InChI=1S/C19H24N2O4S/c1-14(2)21-26(23,24)17-10-8-16(9-11-17)20-19(22)12-13-25-18-7-5-4-6-15(18)3/h4-11,14,21H,12-13H2,1-3H3,(H,20,22). The first-order chi connectivity index (χ1) is 12.3. The van der Waals surface area contributed by atoms with Crippen molar-refractivity contribution >= 4 is 21.6 Å². The van der Waals surface area contributed by atoms with Crippen molar-refractivity contribution in [2.24, 2.45) is 0 Å². The predicted molar refractivity (Wildman–Crippen MR) is 102 cm³/mol. The summed E-state index contributed by atoms with van der Waals surface area (Å²) in [4.78, 5) is 12.2. The SMILES string of the molecule is Cc1ccccc1OCCC(=O)Nc1ccc(S(=O)(=O)NC(C)C)cc1. The molecule has 26 heavy (non-hydrogen) atoms. The molecule has 2 rings (SSSR count). The average molecular weight is 376 g/mol. The van der Waals surface area contributed by atoms with Crippen molar-refractivity contribution in [3.8, 4) is 5.75 Å². The van der Waals surface area contributed by atoms with Crippen LogP contribution in [0.2, 0.25) is 0 Å². The van der Waals surface area contributed by atoms with Crippen molar-refractivity contribution in [1.29, 1.82) is 0 Å². The maximum Gasteiger partial charge on any atom is 0.240 e. The Labute approximate surface area is 154 Å². The second-order valence-corrected chi connectivity index (χ2v) is 7.93. The van der Waals surface area contributed by atoms with Crippen LogP contribution in [0.3, 0.4) is 0 Å². The number of hydrogen-bond donors (Lipinski definition) is 2. The first-order valence-corrected chi connectivity index (χ1v) is 9.87. The van der Waals surface area contributed by atoms with Crippen molar-refractivity contribution in [1.82, 2.24) is 4.72 Å². The number of anilines is 1. The van der Waals surface area contributed by atoms with E-state index < -0.39 is 10.0 Å². The highest BCUT2D eigenvalue weighted by Gasteiger charge is 2.15. The van der Waals surface area contributed by atoms with Crippen LogP contribution in [0.4, 0.5) is 5.69 Å². The van der Waals surface area contributed by atoms with Crippen molar-refractivity contribution in [3.63, 3.8) is 0 Å². The third-order valence-electron chi connectivity index (χ3n) is 3.52. The van der Waals surface area contributed by atoms with Crippen LogP contribution in [0.1, 0.15) is 25.8 Å². The van der Waals surface area contributed by atoms with Gasteiger partial charge in [0.1, 0.15) is 5.75 Å². The number of aryl methyl sites for hydroxylation is 1. The molecule has 1 amide bonds. The number of benzene rings is 2. The minimum absolute atomic E-state index is 0.159. The largest absolute Gasteiger partial charge is 0.493 e. The number of nitrogens with one attached hydrogen (secondary N) is 2. The maximum atomic E-state index is 12.1. The van der Waals surface area contributed by atoms with E-state index in [4.69, 9.17) is 4.74 Å². The summed E-state index contributed by atoms with van der Waals surface area (Å²) >= 11 is 0. The Morgan fingerprint density at radius 3 is 2.35 bits per heavy atom. The molecule has 0 heterocycles. The van der Waals surface area contributed by atoms with E-state index in [1.54, 1.807) is 26.0 Å². The lowest BCUT2D eigenvalue weighted by molar-refractivity contribution is -0.116. The summed E-state index contributed by atoms with van der Waals surface area (Å²) in [5.41, 5.74) is 1.55. The minimum atomic E-state index is -3.54. The van der Waals surface area contributed by atoms with E-state index in [0.717, 1.165) is 11.3 Å². The molecule has 0 aliphatic rings. The van der Waals surface area contributed by atoms with E-state index in [0.29, 0.717) is 5.69 Å². The third kappa shape index (κ3) is 5.86. The van der Waals surface area contributed by atoms with Crippen LogP contribution in [-0.4, -0.2) is 27.0 Å². The first kappa shape index (κ1) is 19.9. The Balaban J connectivity index is 1.86. The Morgan fingerprint density at radius 1 is 1.08 bits per heavy atom. The molecule has 0 aromatic heterocycles. The summed E-state index contributed by atoms with van der Waals surface area (Å²) in [5, 5.41) is 2.73. The molecular weight excluding hydrogens is 352 g/mol. The van der Waals surface area contributed by atoms with Crippen LogP contribution in [0.5, 0.6) is 5.75 Å². The van der Waals surface area contributed by atoms with Gasteiger partial charge >= 0.3 is 0 Å². The van der Waals surface area contributed by atoms with Crippen molar-refractivity contribution in [2.75, 3.05) is 11.9 Å². The fourth-order valence-corrected chi connectivity index (χ4v) is 3.54. The molecule has 140 valence electrons. The second-order valence-electron chi connectivity index (χ2n) is 6.21. The van der Waals surface area contributed by atoms with E-state index in [-0.39, 0.29) is 29.9 Å². The van der Waals surface area contributed by atoms with Gasteiger partial charge in [-0.1, -0.05) is 18.2 Å². The fourth-order valence-electron chi connectivity index (χ4n) is 2.29. The van der Waals surface area contributed by atoms with Gasteiger partial charge in [-0.2, -0.15) is 0 Å². The molecule has 2 N–H and O–H groups in total. The first-order valence-electron chi connectivity index (χ1n) is 8.38. The molecule has 0 radical (unpaired) electrons. The molecule has 2 aromatic rings. The zero-order valence-corrected chi connectivity index (χ0v) is 16.0. The zero-order chi connectivity index (χ0) is 19.2.